The average Bonchev–Trinajstić information content (AvgIpc) is 2.85. The molecule has 0 atom stereocenters. The first kappa shape index (κ1) is 30.6. The molecule has 1 N–H and O–H groups in total. The van der Waals surface area contributed by atoms with Gasteiger partial charge in [-0.05, 0) is 60.8 Å². The van der Waals surface area contributed by atoms with Gasteiger partial charge in [0.1, 0.15) is 17.2 Å². The van der Waals surface area contributed by atoms with Gasteiger partial charge in [0.15, 0.2) is 0 Å². The molecule has 0 unspecified atom stereocenters. The summed E-state index contributed by atoms with van der Waals surface area (Å²) in [5, 5.41) is 3.18. The van der Waals surface area contributed by atoms with Gasteiger partial charge in [-0.25, -0.2) is 4.79 Å². The summed E-state index contributed by atoms with van der Waals surface area (Å²) in [6, 6.07) is 13.6. The molecule has 0 aliphatic carbocycles. The highest BCUT2D eigenvalue weighted by Gasteiger charge is 2.38. The minimum absolute atomic E-state index is 0.118. The van der Waals surface area contributed by atoms with Gasteiger partial charge in [0.25, 0.3) is 0 Å². The van der Waals surface area contributed by atoms with E-state index >= 15 is 0 Å². The van der Waals surface area contributed by atoms with Crippen LogP contribution in [0.5, 0.6) is 17.2 Å². The Morgan fingerprint density at radius 1 is 0.919 bits per heavy atom. The zero-order valence-corrected chi connectivity index (χ0v) is 25.3. The largest absolute Gasteiger partial charge is 0.543 e. The maximum Gasteiger partial charge on any atom is 0.321 e. The van der Waals surface area contributed by atoms with Crippen LogP contribution in [0.1, 0.15) is 65.4 Å². The second-order valence-corrected chi connectivity index (χ2v) is 15.9. The number of nitrogens with zero attached hydrogens (tertiary/aromatic N) is 1. The van der Waals surface area contributed by atoms with Gasteiger partial charge in [-0.3, -0.25) is 0 Å². The molecule has 2 amide bonds. The van der Waals surface area contributed by atoms with E-state index in [-0.39, 0.29) is 11.1 Å². The number of carbonyl (C=O) groups excluding carboxylic acids is 1. The molecular formula is C30H48N2O4Si. The standard InChI is InChI=1S/C30H48N2O4Si/c1-9-10-11-12-13-20-32(29(33)31-27-18-17-25(34-5)23-28(27)35-6)21-19-24-15-14-16-26(22-24)36-37(7,8)30(2,3)4/h14-18,22-23H,9-13,19-21H2,1-8H3,(H,31,33). The topological polar surface area (TPSA) is 60.0 Å². The summed E-state index contributed by atoms with van der Waals surface area (Å²) in [5.74, 6) is 2.18. The number of urea groups is 1. The lowest BCUT2D eigenvalue weighted by Gasteiger charge is -2.36. The van der Waals surface area contributed by atoms with E-state index in [1.807, 2.05) is 23.1 Å². The van der Waals surface area contributed by atoms with Crippen molar-refractivity contribution in [1.82, 2.24) is 4.90 Å². The van der Waals surface area contributed by atoms with E-state index < -0.39 is 8.32 Å². The van der Waals surface area contributed by atoms with Gasteiger partial charge in [-0.1, -0.05) is 65.5 Å². The van der Waals surface area contributed by atoms with Gasteiger partial charge >= 0.3 is 6.03 Å². The number of anilines is 1. The first-order valence-electron chi connectivity index (χ1n) is 13.6. The summed E-state index contributed by atoms with van der Waals surface area (Å²) >= 11 is 0. The van der Waals surface area contributed by atoms with Crippen LogP contribution in [0.2, 0.25) is 18.1 Å². The fourth-order valence-electron chi connectivity index (χ4n) is 3.79. The van der Waals surface area contributed by atoms with Crippen LogP contribution in [-0.4, -0.2) is 46.6 Å². The second kappa shape index (κ2) is 14.3. The minimum Gasteiger partial charge on any atom is -0.543 e. The molecule has 0 aliphatic rings. The molecule has 2 aromatic carbocycles. The fourth-order valence-corrected chi connectivity index (χ4v) is 4.82. The van der Waals surface area contributed by atoms with Crippen molar-refractivity contribution in [2.24, 2.45) is 0 Å². The molecular weight excluding hydrogens is 480 g/mol. The second-order valence-electron chi connectivity index (χ2n) is 11.2. The van der Waals surface area contributed by atoms with E-state index in [9.17, 15) is 4.79 Å². The maximum absolute atomic E-state index is 13.4. The Morgan fingerprint density at radius 3 is 2.30 bits per heavy atom. The Balaban J connectivity index is 2.12. The predicted molar refractivity (Wildman–Crippen MR) is 157 cm³/mol. The lowest BCUT2D eigenvalue weighted by Crippen LogP contribution is -2.43. The zero-order chi connectivity index (χ0) is 27.5. The van der Waals surface area contributed by atoms with E-state index in [0.717, 1.165) is 25.0 Å². The molecule has 2 rings (SSSR count). The highest BCUT2D eigenvalue weighted by molar-refractivity contribution is 6.74. The number of unbranched alkanes of at least 4 members (excludes halogenated alkanes) is 4. The normalized spacial score (nSPS) is 11.7. The minimum atomic E-state index is -1.91. The van der Waals surface area contributed by atoms with Gasteiger partial charge < -0.3 is 24.1 Å². The number of nitrogens with one attached hydrogen (secondary N) is 1. The molecule has 206 valence electrons. The highest BCUT2D eigenvalue weighted by Crippen LogP contribution is 2.37. The average molecular weight is 529 g/mol. The summed E-state index contributed by atoms with van der Waals surface area (Å²) in [7, 11) is 1.29. The van der Waals surface area contributed by atoms with Crippen LogP contribution in [0.3, 0.4) is 0 Å². The number of ether oxygens (including phenoxy) is 2. The Hall–Kier alpha value is -2.67. The molecule has 0 heterocycles. The molecule has 0 saturated heterocycles. The molecule has 7 heteroatoms. The number of methoxy groups -OCH3 is 2. The Labute approximate surface area is 225 Å². The van der Waals surface area contributed by atoms with Crippen LogP contribution in [0.25, 0.3) is 0 Å². The van der Waals surface area contributed by atoms with Crippen molar-refractivity contribution in [2.75, 3.05) is 32.6 Å². The van der Waals surface area contributed by atoms with Crippen LogP contribution in [0.15, 0.2) is 42.5 Å². The lowest BCUT2D eigenvalue weighted by atomic mass is 10.1. The number of hydrogen-bond acceptors (Lipinski definition) is 4. The van der Waals surface area contributed by atoms with Crippen molar-refractivity contribution in [2.45, 2.75) is 84.4 Å². The summed E-state index contributed by atoms with van der Waals surface area (Å²) < 4.78 is 17.3. The van der Waals surface area contributed by atoms with E-state index in [2.05, 4.69) is 64.3 Å². The highest BCUT2D eigenvalue weighted by atomic mass is 28.4. The third-order valence-corrected chi connectivity index (χ3v) is 11.6. The zero-order valence-electron chi connectivity index (χ0n) is 24.3. The van der Waals surface area contributed by atoms with Gasteiger partial charge in [0.05, 0.1) is 19.9 Å². The summed E-state index contributed by atoms with van der Waals surface area (Å²) in [5.41, 5.74) is 1.80. The molecule has 2 aromatic rings. The predicted octanol–water partition coefficient (Wildman–Crippen LogP) is 8.13. The maximum atomic E-state index is 13.4. The third kappa shape index (κ3) is 9.61. The van der Waals surface area contributed by atoms with E-state index in [4.69, 9.17) is 13.9 Å². The Bertz CT molecular complexity index is 988. The number of benzene rings is 2. The van der Waals surface area contributed by atoms with Crippen LogP contribution < -0.4 is 19.2 Å². The van der Waals surface area contributed by atoms with E-state index in [1.54, 1.807) is 20.3 Å². The first-order valence-corrected chi connectivity index (χ1v) is 16.5. The van der Waals surface area contributed by atoms with Crippen LogP contribution in [0.4, 0.5) is 10.5 Å². The van der Waals surface area contributed by atoms with Gasteiger partial charge in [0, 0.05) is 19.2 Å². The molecule has 0 bridgehead atoms. The fraction of sp³-hybridized carbons (Fsp3) is 0.567. The van der Waals surface area contributed by atoms with Crippen LogP contribution in [0, 0.1) is 0 Å². The molecule has 37 heavy (non-hydrogen) atoms. The smallest absolute Gasteiger partial charge is 0.321 e. The van der Waals surface area contributed by atoms with Crippen molar-refractivity contribution in [1.29, 1.82) is 0 Å². The number of hydrogen-bond donors (Lipinski definition) is 1. The third-order valence-electron chi connectivity index (χ3n) is 7.22. The summed E-state index contributed by atoms with van der Waals surface area (Å²) in [6.07, 6.45) is 6.51. The molecule has 0 aromatic heterocycles. The van der Waals surface area contributed by atoms with Crippen molar-refractivity contribution < 1.29 is 18.7 Å². The van der Waals surface area contributed by atoms with Gasteiger partial charge in [-0.15, -0.1) is 0 Å². The van der Waals surface area contributed by atoms with Gasteiger partial charge in [-0.2, -0.15) is 0 Å². The van der Waals surface area contributed by atoms with Crippen molar-refractivity contribution >= 4 is 20.0 Å². The SMILES string of the molecule is CCCCCCCN(CCc1cccc(O[Si](C)(C)C(C)(C)C)c1)C(=O)Nc1ccc(OC)cc1OC. The molecule has 0 aliphatic heterocycles. The van der Waals surface area contributed by atoms with Crippen molar-refractivity contribution in [3.05, 3.63) is 48.0 Å². The van der Waals surface area contributed by atoms with Crippen molar-refractivity contribution in [3.63, 3.8) is 0 Å². The number of rotatable bonds is 14. The number of amides is 2. The molecule has 6 nitrogen and oxygen atoms in total. The van der Waals surface area contributed by atoms with Crippen molar-refractivity contribution in [3.8, 4) is 17.2 Å². The lowest BCUT2D eigenvalue weighted by molar-refractivity contribution is 0.211. The van der Waals surface area contributed by atoms with Crippen LogP contribution in [-0.2, 0) is 6.42 Å². The molecule has 0 saturated carbocycles. The van der Waals surface area contributed by atoms with E-state index in [0.29, 0.717) is 30.3 Å². The monoisotopic (exact) mass is 528 g/mol. The van der Waals surface area contributed by atoms with Crippen LogP contribution >= 0.6 is 0 Å². The molecule has 0 spiro atoms. The first-order chi connectivity index (χ1) is 17.5. The Kier molecular flexibility index (Phi) is 11.8. The Morgan fingerprint density at radius 2 is 1.65 bits per heavy atom. The summed E-state index contributed by atoms with van der Waals surface area (Å²) in [4.78, 5) is 15.3. The van der Waals surface area contributed by atoms with Gasteiger partial charge in [0.2, 0.25) is 8.32 Å². The summed E-state index contributed by atoms with van der Waals surface area (Å²) in [6.45, 7) is 14.8. The quantitative estimate of drug-likeness (QED) is 0.199. The molecule has 0 fully saturated rings. The molecule has 0 radical (unpaired) electrons. The van der Waals surface area contributed by atoms with E-state index in [1.165, 1.54) is 24.8 Å². The number of carbonyl (C=O) groups is 1.